The second kappa shape index (κ2) is 20.3. The molecule has 0 saturated heterocycles. The molecule has 0 amide bonds. The van der Waals surface area contributed by atoms with Crippen molar-refractivity contribution < 1.29 is 88.2 Å². The van der Waals surface area contributed by atoms with Crippen LogP contribution in [-0.2, 0) is 22.4 Å². The molecule has 6 aromatic rings. The summed E-state index contributed by atoms with van der Waals surface area (Å²) in [7, 11) is 0. The van der Waals surface area contributed by atoms with Gasteiger partial charge in [0.15, 0.2) is 0 Å². The number of benzene rings is 6. The normalized spacial score (nSPS) is 10.4. The van der Waals surface area contributed by atoms with Crippen LogP contribution in [0, 0.1) is 111 Å². The fourth-order valence-corrected chi connectivity index (χ4v) is 10.1. The van der Waals surface area contributed by atoms with E-state index in [-0.39, 0.29) is 22.4 Å². The van der Waals surface area contributed by atoms with E-state index in [1.165, 1.54) is 13.1 Å². The molecule has 0 aliphatic heterocycles. The van der Waals surface area contributed by atoms with Gasteiger partial charge in [-0.25, -0.2) is 39.5 Å². The van der Waals surface area contributed by atoms with Crippen LogP contribution in [0.2, 0.25) is 0 Å². The van der Waals surface area contributed by atoms with Gasteiger partial charge in [0.25, 0.3) is 0 Å². The maximum atomic E-state index is 12.0. The summed E-state index contributed by atoms with van der Waals surface area (Å²) in [5, 5.41) is 0. The van der Waals surface area contributed by atoms with Gasteiger partial charge in [0.2, 0.25) is 0 Å². The van der Waals surface area contributed by atoms with Crippen molar-refractivity contribution in [2.75, 3.05) is 0 Å². The third-order valence-electron chi connectivity index (χ3n) is 6.56. The summed E-state index contributed by atoms with van der Waals surface area (Å²) >= 11 is -2.54. The summed E-state index contributed by atoms with van der Waals surface area (Å²) in [6.07, 6.45) is 0. The summed E-state index contributed by atoms with van der Waals surface area (Å²) < 4.78 is 184. The van der Waals surface area contributed by atoms with Crippen LogP contribution in [0.5, 0.6) is 0 Å². The molecule has 0 aliphatic rings. The molecule has 0 atom stereocenters. The zero-order valence-electron chi connectivity index (χ0n) is 26.3. The molecule has 0 spiro atoms. The molecule has 0 radical (unpaired) electrons. The van der Waals surface area contributed by atoms with Crippen LogP contribution in [0.3, 0.4) is 0 Å². The van der Waals surface area contributed by atoms with Gasteiger partial charge in [-0.15, -0.1) is 18.2 Å². The minimum atomic E-state index is -2.54. The van der Waals surface area contributed by atoms with Crippen molar-refractivity contribution in [3.63, 3.8) is 0 Å². The van der Waals surface area contributed by atoms with Gasteiger partial charge in [-0.05, 0) is 0 Å². The van der Waals surface area contributed by atoms with E-state index in [4.69, 9.17) is 5.71 Å². The van der Waals surface area contributed by atoms with Gasteiger partial charge in [0, 0.05) is 0 Å². The zero-order valence-corrected chi connectivity index (χ0v) is 30.3. The molecular formula is C37H17AsAuF15. The van der Waals surface area contributed by atoms with E-state index in [2.05, 4.69) is 91.0 Å². The molecule has 17 heteroatoms. The van der Waals surface area contributed by atoms with E-state index >= 15 is 0 Å². The van der Waals surface area contributed by atoms with E-state index in [0.29, 0.717) is 0 Å². The molecule has 0 bridgehead atoms. The first-order valence-electron chi connectivity index (χ1n) is 14.1. The first-order valence-corrected chi connectivity index (χ1v) is 18.2. The van der Waals surface area contributed by atoms with Crippen molar-refractivity contribution >= 4 is 26.6 Å². The Balaban J connectivity index is 0.000000259. The van der Waals surface area contributed by atoms with E-state index in [1.807, 2.05) is 0 Å². The van der Waals surface area contributed by atoms with Crippen LogP contribution in [-0.4, -0.2) is 13.6 Å². The molecule has 286 valence electrons. The van der Waals surface area contributed by atoms with Gasteiger partial charge < -0.3 is 0 Å². The Kier molecular flexibility index (Phi) is 17.2. The number of hydrogen-bond donors (Lipinski definition) is 0. The SMILES string of the molecule is Fc1[c-]c(F)c(F)c(F)c1F.Fc1[c-]c(F)c(F)c(F)c1F.Fc1[c-]c(F)c(F)c(F)c1F.[Au+3].[CH2-][As+](c1ccccc1)(c1ccccc1)c1ccccc1. The third-order valence-corrected chi connectivity index (χ3v) is 14.0. The Morgan fingerprint density at radius 1 is 0.296 bits per heavy atom. The molecule has 0 heterocycles. The molecule has 0 nitrogen and oxygen atoms in total. The molecule has 6 aromatic carbocycles. The predicted octanol–water partition coefficient (Wildman–Crippen LogP) is 9.07. The van der Waals surface area contributed by atoms with Crippen LogP contribution in [0.25, 0.3) is 0 Å². The number of halogens is 15. The summed E-state index contributed by atoms with van der Waals surface area (Å²) in [6, 6.07) is 35.3. The summed E-state index contributed by atoms with van der Waals surface area (Å²) in [4.78, 5) is 0. The average Bonchev–Trinajstić information content (AvgIpc) is 3.17. The predicted molar refractivity (Wildman–Crippen MR) is 165 cm³/mol. The Hall–Kier alpha value is -4.43. The summed E-state index contributed by atoms with van der Waals surface area (Å²) in [5.41, 5.74) is 4.75. The second-order valence-electron chi connectivity index (χ2n) is 9.90. The van der Waals surface area contributed by atoms with Gasteiger partial charge in [0.05, 0.1) is 87.3 Å². The number of rotatable bonds is 3. The minimum absolute atomic E-state index is 0. The molecule has 0 fully saturated rings. The molecule has 0 N–H and O–H groups in total. The topological polar surface area (TPSA) is 0 Å². The van der Waals surface area contributed by atoms with Crippen molar-refractivity contribution in [3.8, 4) is 0 Å². The van der Waals surface area contributed by atoms with Crippen molar-refractivity contribution in [2.45, 2.75) is 0 Å². The van der Waals surface area contributed by atoms with Gasteiger partial charge in [-0.1, -0.05) is 0 Å². The molecule has 6 rings (SSSR count). The first-order chi connectivity index (χ1) is 24.9. The first kappa shape index (κ1) is 45.7. The molecule has 0 unspecified atom stereocenters. The van der Waals surface area contributed by atoms with Gasteiger partial charge >= 0.3 is 146 Å². The van der Waals surface area contributed by atoms with Crippen molar-refractivity contribution in [3.05, 3.63) is 202 Å². The quantitative estimate of drug-likeness (QED) is 0.0547. The summed E-state index contributed by atoms with van der Waals surface area (Å²) in [5.74, 6) is -30.1. The molecular weight excluding hydrogens is 1000 g/mol. The molecule has 54 heavy (non-hydrogen) atoms. The Bertz CT molecular complexity index is 1830. The maximum absolute atomic E-state index is 12.0. The van der Waals surface area contributed by atoms with E-state index < -0.39 is 101 Å². The molecule has 0 aliphatic carbocycles. The van der Waals surface area contributed by atoms with Crippen LogP contribution in [0.4, 0.5) is 65.9 Å². The van der Waals surface area contributed by atoms with E-state index in [9.17, 15) is 65.9 Å². The monoisotopic (exact) mass is 1020 g/mol. The van der Waals surface area contributed by atoms with Crippen LogP contribution in [0.1, 0.15) is 0 Å². The van der Waals surface area contributed by atoms with Gasteiger partial charge in [-0.2, -0.15) is 0 Å². The fourth-order valence-electron chi connectivity index (χ4n) is 3.98. The number of hydrogen-bond acceptors (Lipinski definition) is 0. The summed E-state index contributed by atoms with van der Waals surface area (Å²) in [6.45, 7) is 0. The standard InChI is InChI=1S/C19H17As.3C6F5.Au/c1-20(17-11-5-2-6-12-17,18-13-7-3-8-14-18)19-15-9-4-10-16-19;3*7-2-1-3(8)5(10)6(11)4(2)9;/h2-16H,1H2;;;;/q;3*-1;+3. The third kappa shape index (κ3) is 10.8. The van der Waals surface area contributed by atoms with Crippen LogP contribution >= 0.6 is 0 Å². The van der Waals surface area contributed by atoms with Crippen molar-refractivity contribution in [1.82, 2.24) is 0 Å². The van der Waals surface area contributed by atoms with Gasteiger partial charge in [0.1, 0.15) is 0 Å². The van der Waals surface area contributed by atoms with E-state index in [0.717, 1.165) is 18.2 Å². The van der Waals surface area contributed by atoms with Crippen molar-refractivity contribution in [1.29, 1.82) is 0 Å². The Morgan fingerprint density at radius 2 is 0.463 bits per heavy atom. The Labute approximate surface area is 315 Å². The van der Waals surface area contributed by atoms with E-state index in [1.54, 1.807) is 0 Å². The average molecular weight is 1020 g/mol. The van der Waals surface area contributed by atoms with Crippen LogP contribution in [0.15, 0.2) is 91.0 Å². The Morgan fingerprint density at radius 3 is 0.630 bits per heavy atom. The van der Waals surface area contributed by atoms with Crippen LogP contribution < -0.4 is 13.1 Å². The molecule has 0 saturated carbocycles. The fraction of sp³-hybridized carbons (Fsp3) is 0. The van der Waals surface area contributed by atoms with Crippen molar-refractivity contribution in [2.24, 2.45) is 0 Å². The second-order valence-corrected chi connectivity index (χ2v) is 16.5. The zero-order chi connectivity index (χ0) is 39.6. The van der Waals surface area contributed by atoms with Gasteiger partial charge in [-0.3, -0.25) is 26.3 Å². The molecule has 0 aromatic heterocycles.